The Kier molecular flexibility index (Phi) is 4.98. The fraction of sp³-hybridized carbons (Fsp3) is 0.250. The molecular formula is C16H19NO3S. The third kappa shape index (κ3) is 4.58. The van der Waals surface area contributed by atoms with Gasteiger partial charge in [-0.2, -0.15) is 0 Å². The van der Waals surface area contributed by atoms with Crippen LogP contribution in [0.4, 0.5) is 0 Å². The molecule has 2 rings (SSSR count). The summed E-state index contributed by atoms with van der Waals surface area (Å²) < 4.78 is 31.8. The molecular weight excluding hydrogens is 286 g/mol. The van der Waals surface area contributed by atoms with E-state index in [4.69, 9.17) is 4.74 Å². The summed E-state index contributed by atoms with van der Waals surface area (Å²) in [6.07, 6.45) is 0. The summed E-state index contributed by atoms with van der Waals surface area (Å²) in [6.45, 7) is 3.56. The van der Waals surface area contributed by atoms with Gasteiger partial charge in [0, 0.05) is 6.54 Å². The van der Waals surface area contributed by atoms with Gasteiger partial charge in [0.15, 0.2) is 0 Å². The predicted molar refractivity (Wildman–Crippen MR) is 83.9 cm³/mol. The molecule has 112 valence electrons. The zero-order valence-electron chi connectivity index (χ0n) is 12.1. The van der Waals surface area contributed by atoms with Crippen molar-refractivity contribution in [2.45, 2.75) is 25.6 Å². The highest BCUT2D eigenvalue weighted by atomic mass is 32.2. The SMILES string of the molecule is CC(C)S(=O)(=O)NCc1cccc(Oc2ccccc2)c1. The fourth-order valence-electron chi connectivity index (χ4n) is 1.69. The van der Waals surface area contributed by atoms with Gasteiger partial charge in [0.25, 0.3) is 0 Å². The molecule has 5 heteroatoms. The van der Waals surface area contributed by atoms with Gasteiger partial charge >= 0.3 is 0 Å². The van der Waals surface area contributed by atoms with E-state index in [0.717, 1.165) is 11.3 Å². The first kappa shape index (κ1) is 15.5. The van der Waals surface area contributed by atoms with Gasteiger partial charge in [-0.05, 0) is 43.7 Å². The molecule has 0 spiro atoms. The molecule has 0 bridgehead atoms. The molecule has 2 aromatic carbocycles. The molecule has 4 nitrogen and oxygen atoms in total. The van der Waals surface area contributed by atoms with Gasteiger partial charge in [0.2, 0.25) is 10.0 Å². The minimum Gasteiger partial charge on any atom is -0.457 e. The Morgan fingerprint density at radius 2 is 1.67 bits per heavy atom. The highest BCUT2D eigenvalue weighted by molar-refractivity contribution is 7.90. The van der Waals surface area contributed by atoms with Gasteiger partial charge in [-0.1, -0.05) is 30.3 Å². The summed E-state index contributed by atoms with van der Waals surface area (Å²) >= 11 is 0. The van der Waals surface area contributed by atoms with Crippen LogP contribution in [-0.4, -0.2) is 13.7 Å². The molecule has 0 amide bonds. The van der Waals surface area contributed by atoms with Gasteiger partial charge < -0.3 is 4.74 Å². The Hall–Kier alpha value is -1.85. The van der Waals surface area contributed by atoms with E-state index >= 15 is 0 Å². The molecule has 0 atom stereocenters. The number of hydrogen-bond donors (Lipinski definition) is 1. The lowest BCUT2D eigenvalue weighted by molar-refractivity contribution is 0.482. The van der Waals surface area contributed by atoms with Crippen molar-refractivity contribution in [3.05, 3.63) is 60.2 Å². The van der Waals surface area contributed by atoms with Crippen molar-refractivity contribution in [3.8, 4) is 11.5 Å². The molecule has 0 aliphatic carbocycles. The molecule has 0 heterocycles. The zero-order valence-corrected chi connectivity index (χ0v) is 12.9. The zero-order chi connectivity index (χ0) is 15.3. The largest absolute Gasteiger partial charge is 0.457 e. The molecule has 0 aromatic heterocycles. The predicted octanol–water partition coefficient (Wildman–Crippen LogP) is 3.31. The lowest BCUT2D eigenvalue weighted by Gasteiger charge is -2.11. The molecule has 0 radical (unpaired) electrons. The van der Waals surface area contributed by atoms with Crippen molar-refractivity contribution in [1.82, 2.24) is 4.72 Å². The third-order valence-corrected chi connectivity index (χ3v) is 4.76. The average molecular weight is 305 g/mol. The van der Waals surface area contributed by atoms with Crippen LogP contribution in [0.3, 0.4) is 0 Å². The van der Waals surface area contributed by atoms with Crippen molar-refractivity contribution in [2.75, 3.05) is 0 Å². The first-order chi connectivity index (χ1) is 9.97. The number of rotatable bonds is 6. The molecule has 0 saturated carbocycles. The molecule has 0 aliphatic heterocycles. The van der Waals surface area contributed by atoms with Crippen LogP contribution in [0.2, 0.25) is 0 Å². The van der Waals surface area contributed by atoms with Crippen LogP contribution in [0.15, 0.2) is 54.6 Å². The Morgan fingerprint density at radius 3 is 2.33 bits per heavy atom. The maximum atomic E-state index is 11.7. The maximum absolute atomic E-state index is 11.7. The van der Waals surface area contributed by atoms with Crippen molar-refractivity contribution < 1.29 is 13.2 Å². The first-order valence-corrected chi connectivity index (χ1v) is 8.32. The smallest absolute Gasteiger partial charge is 0.214 e. The van der Waals surface area contributed by atoms with Crippen LogP contribution >= 0.6 is 0 Å². The van der Waals surface area contributed by atoms with E-state index in [2.05, 4.69) is 4.72 Å². The number of ether oxygens (including phenoxy) is 1. The quantitative estimate of drug-likeness (QED) is 0.891. The Labute approximate surface area is 125 Å². The Balaban J connectivity index is 2.05. The molecule has 0 unspecified atom stereocenters. The second-order valence-corrected chi connectivity index (χ2v) is 7.30. The van der Waals surface area contributed by atoms with E-state index in [9.17, 15) is 8.42 Å². The van der Waals surface area contributed by atoms with Gasteiger partial charge in [0.1, 0.15) is 11.5 Å². The topological polar surface area (TPSA) is 55.4 Å². The number of sulfonamides is 1. The Morgan fingerprint density at radius 1 is 1.00 bits per heavy atom. The van der Waals surface area contributed by atoms with Crippen LogP contribution in [0.5, 0.6) is 11.5 Å². The molecule has 0 aliphatic rings. The maximum Gasteiger partial charge on any atom is 0.214 e. The van der Waals surface area contributed by atoms with Crippen LogP contribution in [0.25, 0.3) is 0 Å². The summed E-state index contributed by atoms with van der Waals surface area (Å²) in [7, 11) is -3.26. The van der Waals surface area contributed by atoms with Crippen LogP contribution < -0.4 is 9.46 Å². The normalized spacial score (nSPS) is 11.6. The minimum absolute atomic E-state index is 0.256. The fourth-order valence-corrected chi connectivity index (χ4v) is 2.40. The van der Waals surface area contributed by atoms with Crippen molar-refractivity contribution in [1.29, 1.82) is 0 Å². The summed E-state index contributed by atoms with van der Waals surface area (Å²) in [6, 6.07) is 16.8. The van der Waals surface area contributed by atoms with Gasteiger partial charge in [-0.15, -0.1) is 0 Å². The number of benzene rings is 2. The first-order valence-electron chi connectivity index (χ1n) is 6.78. The second kappa shape index (κ2) is 6.74. The van der Waals surface area contributed by atoms with Crippen molar-refractivity contribution >= 4 is 10.0 Å². The van der Waals surface area contributed by atoms with E-state index in [1.807, 2.05) is 54.6 Å². The summed E-state index contributed by atoms with van der Waals surface area (Å²) in [5.41, 5.74) is 0.854. The van der Waals surface area contributed by atoms with E-state index < -0.39 is 15.3 Å². The molecule has 1 N–H and O–H groups in total. The number of hydrogen-bond acceptors (Lipinski definition) is 3. The third-order valence-electron chi connectivity index (χ3n) is 2.98. The van der Waals surface area contributed by atoms with Gasteiger partial charge in [-0.25, -0.2) is 13.1 Å². The standard InChI is InChI=1S/C16H19NO3S/c1-13(2)21(18,19)17-12-14-7-6-10-16(11-14)20-15-8-4-3-5-9-15/h3-11,13,17H,12H2,1-2H3. The van der Waals surface area contributed by atoms with E-state index in [1.54, 1.807) is 13.8 Å². The summed E-state index contributed by atoms with van der Waals surface area (Å²) in [5, 5.41) is -0.443. The Bertz CT molecular complexity index is 682. The van der Waals surface area contributed by atoms with Crippen LogP contribution in [0.1, 0.15) is 19.4 Å². The molecule has 0 saturated heterocycles. The lowest BCUT2D eigenvalue weighted by Crippen LogP contribution is -2.30. The summed E-state index contributed by atoms with van der Waals surface area (Å²) in [4.78, 5) is 0. The summed E-state index contributed by atoms with van der Waals surface area (Å²) in [5.74, 6) is 1.43. The van der Waals surface area contributed by atoms with Crippen LogP contribution in [-0.2, 0) is 16.6 Å². The van der Waals surface area contributed by atoms with Crippen LogP contribution in [0, 0.1) is 0 Å². The van der Waals surface area contributed by atoms with Crippen molar-refractivity contribution in [3.63, 3.8) is 0 Å². The lowest BCUT2D eigenvalue weighted by atomic mass is 10.2. The van der Waals surface area contributed by atoms with E-state index in [1.165, 1.54) is 0 Å². The highest BCUT2D eigenvalue weighted by Crippen LogP contribution is 2.21. The highest BCUT2D eigenvalue weighted by Gasteiger charge is 2.14. The number of para-hydroxylation sites is 1. The molecule has 2 aromatic rings. The van der Waals surface area contributed by atoms with E-state index in [0.29, 0.717) is 5.75 Å². The monoisotopic (exact) mass is 305 g/mol. The van der Waals surface area contributed by atoms with Gasteiger partial charge in [0.05, 0.1) is 5.25 Å². The van der Waals surface area contributed by atoms with Gasteiger partial charge in [-0.3, -0.25) is 0 Å². The van der Waals surface area contributed by atoms with E-state index in [-0.39, 0.29) is 6.54 Å². The molecule has 0 fully saturated rings. The number of nitrogens with one attached hydrogen (secondary N) is 1. The van der Waals surface area contributed by atoms with Crippen molar-refractivity contribution in [2.24, 2.45) is 0 Å². The minimum atomic E-state index is -3.26. The average Bonchev–Trinajstić information content (AvgIpc) is 2.47. The molecule has 21 heavy (non-hydrogen) atoms. The second-order valence-electron chi connectivity index (χ2n) is 4.98.